The number of rotatable bonds is 5. The lowest BCUT2D eigenvalue weighted by molar-refractivity contribution is -0.143. The Morgan fingerprint density at radius 2 is 2.08 bits per heavy atom. The average molecular weight is 348 g/mol. The third-order valence-electron chi connectivity index (χ3n) is 4.48. The van der Waals surface area contributed by atoms with E-state index in [2.05, 4.69) is 10.6 Å². The minimum absolute atomic E-state index is 0.0242. The van der Waals surface area contributed by atoms with Crippen LogP contribution in [0.1, 0.15) is 12.0 Å². The topological polar surface area (TPSA) is 81.8 Å². The van der Waals surface area contributed by atoms with E-state index in [9.17, 15) is 18.8 Å². The molecule has 0 spiro atoms. The average Bonchev–Trinajstić information content (AvgIpc) is 2.98. The summed E-state index contributed by atoms with van der Waals surface area (Å²) in [5, 5.41) is 5.45. The van der Waals surface area contributed by atoms with Crippen LogP contribution in [0.5, 0.6) is 0 Å². The molecule has 3 rings (SSSR count). The molecule has 1 aromatic carbocycles. The molecule has 2 aliphatic heterocycles. The molecule has 134 valence electrons. The summed E-state index contributed by atoms with van der Waals surface area (Å²) < 4.78 is 12.9. The lowest BCUT2D eigenvalue weighted by Gasteiger charge is -2.28. The molecule has 7 nitrogen and oxygen atoms in total. The van der Waals surface area contributed by atoms with Gasteiger partial charge in [0.25, 0.3) is 0 Å². The third-order valence-corrected chi connectivity index (χ3v) is 4.48. The molecule has 25 heavy (non-hydrogen) atoms. The number of amides is 3. The third kappa shape index (κ3) is 4.14. The smallest absolute Gasteiger partial charge is 0.243 e. The quantitative estimate of drug-likeness (QED) is 0.750. The van der Waals surface area contributed by atoms with E-state index < -0.39 is 6.04 Å². The van der Waals surface area contributed by atoms with Crippen LogP contribution < -0.4 is 10.6 Å². The van der Waals surface area contributed by atoms with Gasteiger partial charge >= 0.3 is 0 Å². The van der Waals surface area contributed by atoms with Gasteiger partial charge in [-0.2, -0.15) is 0 Å². The zero-order valence-electron chi connectivity index (χ0n) is 14.0. The molecule has 0 saturated carbocycles. The number of halogens is 1. The summed E-state index contributed by atoms with van der Waals surface area (Å²) in [6, 6.07) is 5.44. The Morgan fingerprint density at radius 3 is 2.76 bits per heavy atom. The Kier molecular flexibility index (Phi) is 4.98. The summed E-state index contributed by atoms with van der Waals surface area (Å²) in [5.41, 5.74) is 0.914. The van der Waals surface area contributed by atoms with Gasteiger partial charge in [0, 0.05) is 19.1 Å². The van der Waals surface area contributed by atoms with Gasteiger partial charge in [-0.05, 0) is 31.2 Å². The number of carbonyl (C=O) groups excluding carboxylic acids is 3. The first-order valence-electron chi connectivity index (χ1n) is 8.22. The Morgan fingerprint density at radius 1 is 1.36 bits per heavy atom. The molecule has 1 aromatic rings. The number of piperazine rings is 1. The molecule has 2 saturated heterocycles. The maximum atomic E-state index is 12.9. The van der Waals surface area contributed by atoms with Crippen LogP contribution in [-0.2, 0) is 20.9 Å². The summed E-state index contributed by atoms with van der Waals surface area (Å²) in [6.45, 7) is 1.09. The highest BCUT2D eigenvalue weighted by Crippen LogP contribution is 2.20. The van der Waals surface area contributed by atoms with E-state index >= 15 is 0 Å². The number of nitrogens with zero attached hydrogens (tertiary/aromatic N) is 2. The normalized spacial score (nSPS) is 22.8. The van der Waals surface area contributed by atoms with Gasteiger partial charge in [-0.1, -0.05) is 12.1 Å². The second-order valence-corrected chi connectivity index (χ2v) is 6.58. The van der Waals surface area contributed by atoms with Crippen LogP contribution in [-0.4, -0.2) is 66.3 Å². The van der Waals surface area contributed by atoms with Crippen LogP contribution in [0.4, 0.5) is 4.39 Å². The van der Waals surface area contributed by atoms with Crippen molar-refractivity contribution < 1.29 is 18.8 Å². The van der Waals surface area contributed by atoms with Crippen LogP contribution in [0.3, 0.4) is 0 Å². The summed E-state index contributed by atoms with van der Waals surface area (Å²) in [7, 11) is 1.80. The first kappa shape index (κ1) is 17.3. The van der Waals surface area contributed by atoms with Crippen molar-refractivity contribution in [2.45, 2.75) is 25.0 Å². The predicted molar refractivity (Wildman–Crippen MR) is 87.8 cm³/mol. The van der Waals surface area contributed by atoms with Crippen molar-refractivity contribution in [1.29, 1.82) is 0 Å². The van der Waals surface area contributed by atoms with E-state index in [1.165, 1.54) is 17.0 Å². The highest BCUT2D eigenvalue weighted by molar-refractivity contribution is 5.95. The largest absolute Gasteiger partial charge is 0.350 e. The zero-order chi connectivity index (χ0) is 18.0. The summed E-state index contributed by atoms with van der Waals surface area (Å²) >= 11 is 0. The number of likely N-dealkylation sites (N-methyl/N-ethyl adjacent to an activating group) is 1. The maximum Gasteiger partial charge on any atom is 0.243 e. The molecule has 2 aliphatic rings. The van der Waals surface area contributed by atoms with Crippen molar-refractivity contribution in [2.24, 2.45) is 0 Å². The van der Waals surface area contributed by atoms with Crippen LogP contribution >= 0.6 is 0 Å². The summed E-state index contributed by atoms with van der Waals surface area (Å²) in [6.07, 6.45) is 0.436. The van der Waals surface area contributed by atoms with Crippen molar-refractivity contribution in [3.63, 3.8) is 0 Å². The first-order chi connectivity index (χ1) is 11.9. The lowest BCUT2D eigenvalue weighted by Crippen LogP contribution is -2.55. The Labute approximate surface area is 145 Å². The van der Waals surface area contributed by atoms with Crippen LogP contribution in [0, 0.1) is 5.82 Å². The summed E-state index contributed by atoms with van der Waals surface area (Å²) in [4.78, 5) is 39.2. The molecule has 0 aromatic heterocycles. The molecule has 0 unspecified atom stereocenters. The molecule has 3 amide bonds. The van der Waals surface area contributed by atoms with Crippen molar-refractivity contribution in [3.8, 4) is 0 Å². The Bertz CT molecular complexity index is 655. The molecule has 2 atom stereocenters. The fourth-order valence-corrected chi connectivity index (χ4v) is 3.32. The van der Waals surface area contributed by atoms with Gasteiger partial charge < -0.3 is 15.5 Å². The maximum absolute atomic E-state index is 12.9. The van der Waals surface area contributed by atoms with Crippen LogP contribution in [0.15, 0.2) is 24.3 Å². The first-order valence-corrected chi connectivity index (χ1v) is 8.22. The van der Waals surface area contributed by atoms with E-state index in [-0.39, 0.29) is 42.7 Å². The molecular weight excluding hydrogens is 327 g/mol. The highest BCUT2D eigenvalue weighted by Gasteiger charge is 2.42. The molecular formula is C17H21FN4O3. The predicted octanol–water partition coefficient (Wildman–Crippen LogP) is -0.527. The van der Waals surface area contributed by atoms with Crippen molar-refractivity contribution in [2.75, 3.05) is 26.7 Å². The van der Waals surface area contributed by atoms with Gasteiger partial charge in [0.15, 0.2) is 0 Å². The van der Waals surface area contributed by atoms with Gasteiger partial charge in [-0.15, -0.1) is 0 Å². The van der Waals surface area contributed by atoms with Crippen molar-refractivity contribution in [3.05, 3.63) is 35.6 Å². The standard InChI is InChI=1S/C17H21FN4O3/c1-21(8-11-2-4-12(18)5-3-11)10-15(23)20-13-6-14-17(25)19-7-16(24)22(14)9-13/h2-5,13-14H,6-10H2,1H3,(H,19,25)(H,20,23)/t13-,14+/m1/s1. The fourth-order valence-electron chi connectivity index (χ4n) is 3.32. The molecule has 2 N–H and O–H groups in total. The van der Waals surface area contributed by atoms with Gasteiger partial charge in [0.2, 0.25) is 17.7 Å². The molecule has 0 aliphatic carbocycles. The van der Waals surface area contributed by atoms with E-state index in [1.807, 2.05) is 4.90 Å². The second-order valence-electron chi connectivity index (χ2n) is 6.58. The van der Waals surface area contributed by atoms with E-state index in [0.717, 1.165) is 5.56 Å². The van der Waals surface area contributed by atoms with Crippen LogP contribution in [0.25, 0.3) is 0 Å². The van der Waals surface area contributed by atoms with Crippen LogP contribution in [0.2, 0.25) is 0 Å². The van der Waals surface area contributed by atoms with E-state index in [1.54, 1.807) is 19.2 Å². The number of fused-ring (bicyclic) bond motifs is 1. The highest BCUT2D eigenvalue weighted by atomic mass is 19.1. The number of hydrogen-bond donors (Lipinski definition) is 2. The molecule has 8 heteroatoms. The SMILES string of the molecule is CN(CC(=O)N[C@@H]1C[C@H]2C(=O)NCC(=O)N2C1)Cc1ccc(F)cc1. The van der Waals surface area contributed by atoms with Crippen molar-refractivity contribution >= 4 is 17.7 Å². The minimum Gasteiger partial charge on any atom is -0.350 e. The second kappa shape index (κ2) is 7.18. The van der Waals surface area contributed by atoms with Gasteiger partial charge in [-0.25, -0.2) is 4.39 Å². The molecule has 0 bridgehead atoms. The molecule has 2 heterocycles. The van der Waals surface area contributed by atoms with Gasteiger partial charge in [0.05, 0.1) is 13.1 Å². The van der Waals surface area contributed by atoms with Gasteiger partial charge in [-0.3, -0.25) is 19.3 Å². The number of hydrogen-bond acceptors (Lipinski definition) is 4. The monoisotopic (exact) mass is 348 g/mol. The van der Waals surface area contributed by atoms with E-state index in [4.69, 9.17) is 0 Å². The summed E-state index contributed by atoms with van der Waals surface area (Å²) in [5.74, 6) is -0.734. The Balaban J connectivity index is 1.48. The molecule has 0 radical (unpaired) electrons. The minimum atomic E-state index is -0.483. The lowest BCUT2D eigenvalue weighted by atomic mass is 10.1. The molecule has 2 fully saturated rings. The van der Waals surface area contributed by atoms with Gasteiger partial charge in [0.1, 0.15) is 11.9 Å². The number of nitrogens with one attached hydrogen (secondary N) is 2. The fraction of sp³-hybridized carbons (Fsp3) is 0.471. The Hall–Kier alpha value is -2.48. The van der Waals surface area contributed by atoms with Crippen molar-refractivity contribution in [1.82, 2.24) is 20.4 Å². The van der Waals surface area contributed by atoms with E-state index in [0.29, 0.717) is 19.5 Å². The number of benzene rings is 1. The number of carbonyl (C=O) groups is 3. The zero-order valence-corrected chi connectivity index (χ0v) is 14.0.